The van der Waals surface area contributed by atoms with Crippen molar-refractivity contribution in [2.24, 2.45) is 5.92 Å². The minimum absolute atomic E-state index is 0.0404. The van der Waals surface area contributed by atoms with E-state index in [2.05, 4.69) is 37.1 Å². The van der Waals surface area contributed by atoms with Crippen molar-refractivity contribution in [2.45, 2.75) is 37.8 Å². The molecule has 0 radical (unpaired) electrons. The van der Waals surface area contributed by atoms with Gasteiger partial charge >= 0.3 is 5.97 Å². The molecule has 20 heavy (non-hydrogen) atoms. The summed E-state index contributed by atoms with van der Waals surface area (Å²) in [4.78, 5) is 16.5. The number of fused-ring (bicyclic) bond motifs is 2. The van der Waals surface area contributed by atoms with E-state index in [0.717, 1.165) is 5.56 Å². The molecule has 1 saturated heterocycles. The van der Waals surface area contributed by atoms with E-state index in [1.165, 1.54) is 12.7 Å². The number of aromatic nitrogens is 1. The van der Waals surface area contributed by atoms with Crippen LogP contribution in [0.3, 0.4) is 0 Å². The molecule has 3 heterocycles. The Bertz CT molecular complexity index is 583. The molecule has 3 rings (SSSR count). The average molecular weight is 272 g/mol. The second-order valence-corrected chi connectivity index (χ2v) is 6.20. The summed E-state index contributed by atoms with van der Waals surface area (Å²) in [6.45, 7) is 6.35. The zero-order chi connectivity index (χ0) is 14.5. The van der Waals surface area contributed by atoms with Crippen molar-refractivity contribution in [3.05, 3.63) is 41.7 Å². The van der Waals surface area contributed by atoms with Gasteiger partial charge in [0.1, 0.15) is 0 Å². The fraction of sp³-hybridized carbons (Fsp3) is 0.500. The van der Waals surface area contributed by atoms with Gasteiger partial charge in [0.05, 0.1) is 13.0 Å². The average Bonchev–Trinajstić information content (AvgIpc) is 2.80. The van der Waals surface area contributed by atoms with E-state index in [1.54, 1.807) is 6.20 Å². The molecule has 4 atom stereocenters. The van der Waals surface area contributed by atoms with E-state index < -0.39 is 0 Å². The van der Waals surface area contributed by atoms with Gasteiger partial charge in [-0.05, 0) is 32.4 Å². The number of esters is 1. The van der Waals surface area contributed by atoms with Crippen LogP contribution in [-0.4, -0.2) is 29.1 Å². The second kappa shape index (κ2) is 4.16. The van der Waals surface area contributed by atoms with Gasteiger partial charge in [0.15, 0.2) is 0 Å². The fourth-order valence-electron chi connectivity index (χ4n) is 4.06. The molecule has 106 valence electrons. The van der Waals surface area contributed by atoms with Crippen LogP contribution < -0.4 is 5.32 Å². The normalized spacial score (nSPS) is 38.7. The smallest absolute Gasteiger partial charge is 0.311 e. The third-order valence-corrected chi connectivity index (χ3v) is 4.96. The van der Waals surface area contributed by atoms with Crippen LogP contribution in [0.15, 0.2) is 36.2 Å². The van der Waals surface area contributed by atoms with Crippen LogP contribution in [0, 0.1) is 5.92 Å². The number of rotatable bonds is 2. The maximum absolute atomic E-state index is 12.3. The highest BCUT2D eigenvalue weighted by Crippen LogP contribution is 2.56. The van der Waals surface area contributed by atoms with Gasteiger partial charge in [0, 0.05) is 29.4 Å². The molecule has 0 aromatic carbocycles. The van der Waals surface area contributed by atoms with E-state index in [0.29, 0.717) is 0 Å². The lowest BCUT2D eigenvalue weighted by Crippen LogP contribution is -2.43. The molecule has 4 heteroatoms. The number of nitrogens with zero attached hydrogens (tertiary/aromatic N) is 1. The third-order valence-electron chi connectivity index (χ3n) is 4.96. The van der Waals surface area contributed by atoms with Crippen LogP contribution in [0.1, 0.15) is 32.3 Å². The lowest BCUT2D eigenvalue weighted by molar-refractivity contribution is -0.147. The number of hydrogen-bond donors (Lipinski definition) is 1. The molecule has 1 N–H and O–H groups in total. The van der Waals surface area contributed by atoms with E-state index in [4.69, 9.17) is 4.74 Å². The number of methoxy groups -OCH3 is 1. The first kappa shape index (κ1) is 13.3. The third kappa shape index (κ3) is 1.57. The summed E-state index contributed by atoms with van der Waals surface area (Å²) in [6.07, 6.45) is 5.77. The quantitative estimate of drug-likeness (QED) is 0.661. The zero-order valence-electron chi connectivity index (χ0n) is 12.3. The van der Waals surface area contributed by atoms with Gasteiger partial charge in [0.2, 0.25) is 0 Å². The maximum Gasteiger partial charge on any atom is 0.311 e. The van der Waals surface area contributed by atoms with Gasteiger partial charge in [-0.15, -0.1) is 0 Å². The topological polar surface area (TPSA) is 51.2 Å². The predicted octanol–water partition coefficient (Wildman–Crippen LogP) is 2.03. The Morgan fingerprint density at radius 3 is 2.80 bits per heavy atom. The van der Waals surface area contributed by atoms with E-state index in [9.17, 15) is 4.79 Å². The second-order valence-electron chi connectivity index (χ2n) is 6.20. The summed E-state index contributed by atoms with van der Waals surface area (Å²) in [6, 6.07) is 3.96. The summed E-state index contributed by atoms with van der Waals surface area (Å²) in [7, 11) is 1.46. The van der Waals surface area contributed by atoms with Crippen LogP contribution in [-0.2, 0) is 9.53 Å². The summed E-state index contributed by atoms with van der Waals surface area (Å²) in [5, 5.41) is 3.62. The van der Waals surface area contributed by atoms with Crippen LogP contribution >= 0.6 is 0 Å². The Morgan fingerprint density at radius 1 is 1.45 bits per heavy atom. The first-order valence-corrected chi connectivity index (χ1v) is 6.89. The number of nitrogens with one attached hydrogen (secondary N) is 1. The van der Waals surface area contributed by atoms with E-state index in [-0.39, 0.29) is 28.9 Å². The number of hydrogen-bond acceptors (Lipinski definition) is 4. The maximum atomic E-state index is 12.3. The van der Waals surface area contributed by atoms with Gasteiger partial charge in [0.25, 0.3) is 0 Å². The Hall–Kier alpha value is -1.68. The molecular weight excluding hydrogens is 252 g/mol. The molecule has 0 spiro atoms. The molecule has 0 saturated carbocycles. The number of carbonyl (C=O) groups is 1. The molecule has 1 aromatic rings. The number of carbonyl (C=O) groups excluding carboxylic acids is 1. The van der Waals surface area contributed by atoms with Gasteiger partial charge in [-0.25, -0.2) is 0 Å². The molecule has 4 nitrogen and oxygen atoms in total. The summed E-state index contributed by atoms with van der Waals surface area (Å²) in [5.74, 6) is -0.356. The molecule has 2 bridgehead atoms. The molecule has 0 amide bonds. The van der Waals surface area contributed by atoms with Crippen LogP contribution in [0.2, 0.25) is 0 Å². The SMILES string of the molecule is COC(=O)C1C(c2cccnc2)[C@]2(C)N[C@@]1(C)C=C2C. The Labute approximate surface area is 119 Å². The molecule has 1 fully saturated rings. The van der Waals surface area contributed by atoms with Crippen molar-refractivity contribution < 1.29 is 9.53 Å². The highest BCUT2D eigenvalue weighted by molar-refractivity contribution is 5.79. The lowest BCUT2D eigenvalue weighted by atomic mass is 9.66. The summed E-state index contributed by atoms with van der Waals surface area (Å²) < 4.78 is 5.06. The first-order chi connectivity index (χ1) is 9.42. The zero-order valence-corrected chi connectivity index (χ0v) is 12.3. The molecule has 2 aliphatic heterocycles. The largest absolute Gasteiger partial charge is 0.469 e. The molecular formula is C16H20N2O2. The Morgan fingerprint density at radius 2 is 2.20 bits per heavy atom. The molecule has 2 aliphatic rings. The first-order valence-electron chi connectivity index (χ1n) is 6.89. The van der Waals surface area contributed by atoms with Crippen molar-refractivity contribution in [3.8, 4) is 0 Å². The van der Waals surface area contributed by atoms with Crippen molar-refractivity contribution in [3.63, 3.8) is 0 Å². The van der Waals surface area contributed by atoms with Gasteiger partial charge in [-0.3, -0.25) is 15.1 Å². The van der Waals surface area contributed by atoms with Crippen molar-refractivity contribution in [1.29, 1.82) is 0 Å². The van der Waals surface area contributed by atoms with Crippen molar-refractivity contribution in [2.75, 3.05) is 7.11 Å². The number of pyridine rings is 1. The van der Waals surface area contributed by atoms with Crippen LogP contribution in [0.25, 0.3) is 0 Å². The fourth-order valence-corrected chi connectivity index (χ4v) is 4.06. The highest BCUT2D eigenvalue weighted by atomic mass is 16.5. The minimum Gasteiger partial charge on any atom is -0.469 e. The summed E-state index contributed by atoms with van der Waals surface area (Å²) in [5.41, 5.74) is 1.77. The molecule has 1 aromatic heterocycles. The number of ether oxygens (including phenoxy) is 1. The van der Waals surface area contributed by atoms with Crippen molar-refractivity contribution >= 4 is 5.97 Å². The van der Waals surface area contributed by atoms with Gasteiger partial charge in [-0.2, -0.15) is 0 Å². The van der Waals surface area contributed by atoms with Crippen LogP contribution in [0.4, 0.5) is 0 Å². The van der Waals surface area contributed by atoms with E-state index >= 15 is 0 Å². The Balaban J connectivity index is 2.15. The predicted molar refractivity (Wildman–Crippen MR) is 76.2 cm³/mol. The standard InChI is InChI=1S/C16H20N2O2/c1-10-8-15(2)13(14(19)20-4)12(16(10,3)18-15)11-6-5-7-17-9-11/h5-9,12-13,18H,1-4H3/t12?,13?,15-,16+/m0/s1. The Kier molecular flexibility index (Phi) is 2.77. The lowest BCUT2D eigenvalue weighted by Gasteiger charge is -2.36. The van der Waals surface area contributed by atoms with Crippen LogP contribution in [0.5, 0.6) is 0 Å². The monoisotopic (exact) mass is 272 g/mol. The van der Waals surface area contributed by atoms with Gasteiger partial charge < -0.3 is 4.74 Å². The minimum atomic E-state index is -0.355. The van der Waals surface area contributed by atoms with Crippen molar-refractivity contribution in [1.82, 2.24) is 10.3 Å². The summed E-state index contributed by atoms with van der Waals surface area (Å²) >= 11 is 0. The highest BCUT2D eigenvalue weighted by Gasteiger charge is 2.63. The molecule has 0 aliphatic carbocycles. The van der Waals surface area contributed by atoms with Gasteiger partial charge in [-0.1, -0.05) is 17.7 Å². The molecule has 2 unspecified atom stereocenters. The van der Waals surface area contributed by atoms with E-state index in [1.807, 2.05) is 18.3 Å².